The minimum atomic E-state index is -2.88. The fourth-order valence-corrected chi connectivity index (χ4v) is 3.81. The summed E-state index contributed by atoms with van der Waals surface area (Å²) in [6.07, 6.45) is 3.36. The maximum Gasteiger partial charge on any atom is 0.387 e. The molecule has 166 valence electrons. The molecule has 0 aliphatic rings. The highest BCUT2D eigenvalue weighted by atomic mass is 32.2. The van der Waals surface area contributed by atoms with Crippen molar-refractivity contribution in [2.24, 2.45) is 0 Å². The van der Waals surface area contributed by atoms with Crippen LogP contribution in [0, 0.1) is 0 Å². The second-order valence-corrected chi connectivity index (χ2v) is 7.75. The number of benzene rings is 2. The van der Waals surface area contributed by atoms with E-state index in [1.807, 2.05) is 12.1 Å². The minimum Gasteiger partial charge on any atom is -0.435 e. The number of ether oxygens (including phenoxy) is 1. The first-order chi connectivity index (χ1) is 15.6. The van der Waals surface area contributed by atoms with E-state index in [-0.39, 0.29) is 5.75 Å². The van der Waals surface area contributed by atoms with E-state index < -0.39 is 6.61 Å². The van der Waals surface area contributed by atoms with Crippen LogP contribution in [0.5, 0.6) is 5.75 Å². The number of nitrogens with zero attached hydrogens (tertiary/aromatic N) is 8. The van der Waals surface area contributed by atoms with Crippen molar-refractivity contribution in [3.05, 3.63) is 59.9 Å². The van der Waals surface area contributed by atoms with Crippen molar-refractivity contribution in [3.8, 4) is 17.1 Å². The summed E-state index contributed by atoms with van der Waals surface area (Å²) in [7, 11) is 0. The van der Waals surface area contributed by atoms with Crippen LogP contribution in [-0.2, 0) is 12.2 Å². The Morgan fingerprint density at radius 1 is 0.906 bits per heavy atom. The average molecular weight is 458 g/mol. The van der Waals surface area contributed by atoms with Gasteiger partial charge < -0.3 is 4.74 Å². The van der Waals surface area contributed by atoms with Crippen molar-refractivity contribution in [2.75, 3.05) is 0 Å². The highest BCUT2D eigenvalue weighted by Gasteiger charge is 2.14. The molecule has 0 aliphatic heterocycles. The first-order valence-corrected chi connectivity index (χ1v) is 11.0. The molecule has 0 unspecified atom stereocenters. The number of hydrogen-bond donors (Lipinski definition) is 0. The number of thioether (sulfide) groups is 1. The van der Waals surface area contributed by atoms with Crippen LogP contribution in [0.3, 0.4) is 0 Å². The predicted molar refractivity (Wildman–Crippen MR) is 113 cm³/mol. The van der Waals surface area contributed by atoms with Gasteiger partial charge in [0, 0.05) is 0 Å². The van der Waals surface area contributed by atoms with Crippen LogP contribution in [0.1, 0.15) is 31.2 Å². The second-order valence-electron chi connectivity index (χ2n) is 6.81. The Hall–Kier alpha value is -3.41. The molecular weight excluding hydrogens is 438 g/mol. The Labute approximate surface area is 186 Å². The Kier molecular flexibility index (Phi) is 7.00. The Bertz CT molecular complexity index is 1130. The molecule has 4 rings (SSSR count). The standard InChI is InChI=1S/C20H20F2N8OS/c1-2-3-4-14-5-7-16(8-6-14)30-20(24-26-28-30)32-13-18-23-25-27-29(18)15-9-11-17(12-10-15)31-19(21)22/h5-12,19H,2-4,13H2,1H3. The number of alkyl halides is 2. The lowest BCUT2D eigenvalue weighted by molar-refractivity contribution is -0.0498. The number of hydrogen-bond acceptors (Lipinski definition) is 8. The molecule has 0 atom stereocenters. The van der Waals surface area contributed by atoms with Gasteiger partial charge in [0.05, 0.1) is 17.1 Å². The molecule has 4 aromatic rings. The topological polar surface area (TPSA) is 96.4 Å². The van der Waals surface area contributed by atoms with Gasteiger partial charge in [0.25, 0.3) is 0 Å². The van der Waals surface area contributed by atoms with Gasteiger partial charge in [-0.05, 0) is 75.7 Å². The van der Waals surface area contributed by atoms with E-state index in [1.54, 1.807) is 16.8 Å². The van der Waals surface area contributed by atoms with Crippen LogP contribution in [0.2, 0.25) is 0 Å². The zero-order valence-electron chi connectivity index (χ0n) is 17.2. The lowest BCUT2D eigenvalue weighted by Gasteiger charge is -2.08. The predicted octanol–water partition coefficient (Wildman–Crippen LogP) is 3.87. The Morgan fingerprint density at radius 2 is 1.56 bits per heavy atom. The molecule has 0 aliphatic carbocycles. The van der Waals surface area contributed by atoms with E-state index in [1.165, 1.54) is 34.1 Å². The van der Waals surface area contributed by atoms with Crippen LogP contribution < -0.4 is 4.74 Å². The van der Waals surface area contributed by atoms with Crippen molar-refractivity contribution in [1.29, 1.82) is 0 Å². The summed E-state index contributed by atoms with van der Waals surface area (Å²) in [4.78, 5) is 0. The number of halogens is 2. The molecule has 32 heavy (non-hydrogen) atoms. The third-order valence-electron chi connectivity index (χ3n) is 4.61. The van der Waals surface area contributed by atoms with E-state index in [9.17, 15) is 8.78 Å². The van der Waals surface area contributed by atoms with Gasteiger partial charge in [-0.1, -0.05) is 37.2 Å². The van der Waals surface area contributed by atoms with Crippen molar-refractivity contribution in [1.82, 2.24) is 40.4 Å². The van der Waals surface area contributed by atoms with Crippen molar-refractivity contribution < 1.29 is 13.5 Å². The molecule has 2 heterocycles. The molecular formula is C20H20F2N8OS. The smallest absolute Gasteiger partial charge is 0.387 e. The summed E-state index contributed by atoms with van der Waals surface area (Å²) in [5.41, 5.74) is 2.77. The zero-order valence-corrected chi connectivity index (χ0v) is 18.0. The van der Waals surface area contributed by atoms with Gasteiger partial charge in [-0.15, -0.1) is 10.2 Å². The summed E-state index contributed by atoms with van der Waals surface area (Å²) < 4.78 is 32.2. The zero-order chi connectivity index (χ0) is 22.3. The van der Waals surface area contributed by atoms with E-state index in [0.29, 0.717) is 22.4 Å². The number of tetrazole rings is 2. The molecule has 0 radical (unpaired) electrons. The normalized spacial score (nSPS) is 11.2. The molecule has 0 spiro atoms. The molecule has 0 amide bonds. The molecule has 0 N–H and O–H groups in total. The fourth-order valence-electron chi connectivity index (χ4n) is 3.01. The lowest BCUT2D eigenvalue weighted by atomic mass is 10.1. The minimum absolute atomic E-state index is 0.0626. The van der Waals surface area contributed by atoms with Gasteiger partial charge in [-0.3, -0.25) is 0 Å². The quantitative estimate of drug-likeness (QED) is 0.331. The third kappa shape index (κ3) is 5.25. The average Bonchev–Trinajstić information content (AvgIpc) is 3.46. The van der Waals surface area contributed by atoms with Gasteiger partial charge in [0.1, 0.15) is 5.75 Å². The Morgan fingerprint density at radius 3 is 2.28 bits per heavy atom. The molecule has 0 saturated heterocycles. The van der Waals surface area contributed by atoms with Gasteiger partial charge in [0.15, 0.2) is 5.82 Å². The number of aromatic nitrogens is 8. The molecule has 0 fully saturated rings. The highest BCUT2D eigenvalue weighted by molar-refractivity contribution is 7.98. The maximum atomic E-state index is 12.3. The Balaban J connectivity index is 1.45. The van der Waals surface area contributed by atoms with E-state index >= 15 is 0 Å². The van der Waals surface area contributed by atoms with Gasteiger partial charge >= 0.3 is 6.61 Å². The van der Waals surface area contributed by atoms with Crippen LogP contribution in [0.15, 0.2) is 53.7 Å². The summed E-state index contributed by atoms with van der Waals surface area (Å²) in [5, 5.41) is 24.4. The van der Waals surface area contributed by atoms with Crippen molar-refractivity contribution in [3.63, 3.8) is 0 Å². The molecule has 2 aromatic heterocycles. The molecule has 0 bridgehead atoms. The summed E-state index contributed by atoms with van der Waals surface area (Å²) >= 11 is 1.38. The van der Waals surface area contributed by atoms with Crippen molar-refractivity contribution in [2.45, 2.75) is 43.7 Å². The highest BCUT2D eigenvalue weighted by Crippen LogP contribution is 2.24. The van der Waals surface area contributed by atoms with Gasteiger partial charge in [-0.25, -0.2) is 0 Å². The van der Waals surface area contributed by atoms with E-state index in [2.05, 4.69) is 54.8 Å². The second kappa shape index (κ2) is 10.3. The third-order valence-corrected chi connectivity index (χ3v) is 5.53. The number of unbranched alkanes of at least 4 members (excludes halogenated alkanes) is 1. The first kappa shape index (κ1) is 21.8. The molecule has 12 heteroatoms. The molecule has 9 nitrogen and oxygen atoms in total. The van der Waals surface area contributed by atoms with Crippen molar-refractivity contribution >= 4 is 11.8 Å². The van der Waals surface area contributed by atoms with Gasteiger partial charge in [0.2, 0.25) is 5.16 Å². The number of rotatable bonds is 10. The summed E-state index contributed by atoms with van der Waals surface area (Å²) in [6.45, 7) is -0.703. The van der Waals surface area contributed by atoms with Crippen LogP contribution in [0.25, 0.3) is 11.4 Å². The number of aryl methyl sites for hydroxylation is 1. The monoisotopic (exact) mass is 458 g/mol. The van der Waals surface area contributed by atoms with Crippen LogP contribution in [0.4, 0.5) is 8.78 Å². The summed E-state index contributed by atoms with van der Waals surface area (Å²) in [5.74, 6) is 1.02. The lowest BCUT2D eigenvalue weighted by Crippen LogP contribution is -2.05. The van der Waals surface area contributed by atoms with Crippen LogP contribution >= 0.6 is 11.8 Å². The molecule has 0 saturated carbocycles. The van der Waals surface area contributed by atoms with E-state index in [0.717, 1.165) is 24.9 Å². The van der Waals surface area contributed by atoms with Gasteiger partial charge in [-0.2, -0.15) is 18.1 Å². The maximum absolute atomic E-state index is 12.3. The largest absolute Gasteiger partial charge is 0.435 e. The van der Waals surface area contributed by atoms with E-state index in [4.69, 9.17) is 0 Å². The first-order valence-electron chi connectivity index (χ1n) is 9.97. The fraction of sp³-hybridized carbons (Fsp3) is 0.300. The molecule has 2 aromatic carbocycles. The SMILES string of the molecule is CCCCc1ccc(-n2nnnc2SCc2nnnn2-c2ccc(OC(F)F)cc2)cc1. The van der Waals surface area contributed by atoms with Crippen LogP contribution in [-0.4, -0.2) is 47.0 Å². The summed E-state index contributed by atoms with van der Waals surface area (Å²) in [6, 6.07) is 14.2.